The van der Waals surface area contributed by atoms with Crippen LogP contribution in [0.5, 0.6) is 11.5 Å². The zero-order chi connectivity index (χ0) is 44.6. The second-order valence-corrected chi connectivity index (χ2v) is 19.5. The van der Waals surface area contributed by atoms with E-state index in [-0.39, 0.29) is 53.6 Å². The Bertz CT molecular complexity index is 2110. The first-order valence-electron chi connectivity index (χ1n) is 23.9. The number of aromatic hydroxyl groups is 2. The Kier molecular flexibility index (Phi) is 15.4. The maximum atomic E-state index is 13.0. The van der Waals surface area contributed by atoms with Gasteiger partial charge in [-0.1, -0.05) is 101 Å². The average molecular weight is 862 g/mol. The number of anilines is 1. The summed E-state index contributed by atoms with van der Waals surface area (Å²) in [6.07, 6.45) is 20.3. The Labute approximate surface area is 373 Å². The van der Waals surface area contributed by atoms with Crippen molar-refractivity contribution in [2.24, 2.45) is 29.6 Å². The van der Waals surface area contributed by atoms with Crippen LogP contribution in [0.15, 0.2) is 85.1 Å². The van der Waals surface area contributed by atoms with Crippen molar-refractivity contribution < 1.29 is 35.4 Å². The summed E-state index contributed by atoms with van der Waals surface area (Å²) in [5, 5.41) is 66.6. The molecule has 0 saturated heterocycles. The van der Waals surface area contributed by atoms with Crippen LogP contribution in [0, 0.1) is 29.6 Å². The van der Waals surface area contributed by atoms with E-state index in [9.17, 15) is 35.4 Å². The molecule has 8 unspecified atom stereocenters. The highest BCUT2D eigenvalue weighted by molar-refractivity contribution is 5.83. The summed E-state index contributed by atoms with van der Waals surface area (Å²) in [6.45, 7) is 2.21. The number of aromatic nitrogens is 2. The number of carboxylic acid groups (broad SMARTS) is 1. The Hall–Kier alpha value is -4.64. The minimum Gasteiger partial charge on any atom is -0.508 e. The van der Waals surface area contributed by atoms with Gasteiger partial charge >= 0.3 is 5.97 Å². The number of allylic oxidation sites excluding steroid dienone is 1. The quantitative estimate of drug-likeness (QED) is 0.0297. The highest BCUT2D eigenvalue weighted by Gasteiger charge is 2.54. The Balaban J connectivity index is 1.07. The molecular formula is C53H71N3O7. The van der Waals surface area contributed by atoms with E-state index >= 15 is 0 Å². The summed E-state index contributed by atoms with van der Waals surface area (Å²) < 4.78 is 0. The molecule has 0 spiro atoms. The molecule has 7 rings (SSSR count). The first kappa shape index (κ1) is 46.4. The van der Waals surface area contributed by atoms with Crippen LogP contribution in [0.25, 0.3) is 22.4 Å². The fourth-order valence-electron chi connectivity index (χ4n) is 11.8. The fraction of sp³-hybridized carbons (Fsp3) is 0.547. The van der Waals surface area contributed by atoms with Crippen molar-refractivity contribution in [1.29, 1.82) is 0 Å². The van der Waals surface area contributed by atoms with Crippen molar-refractivity contribution in [2.75, 3.05) is 5.73 Å². The number of pyridine rings is 1. The number of hydrogen-bond donors (Lipinski definition) is 8. The van der Waals surface area contributed by atoms with Gasteiger partial charge in [-0.15, -0.1) is 0 Å². The SMILES string of the molecule is CCCCCC1C=CC(CCCCCC(C(=O)O)C(O)CCC2(O)CC(C3(c4ccnc(N)c4)CCCC3)CC2Cc2cc(-c3ccccc3)c(-c3cc(O)cc(O)c3)[nH]2)C(O)C1. The lowest BCUT2D eigenvalue weighted by Gasteiger charge is -2.37. The number of aliphatic hydroxyl groups excluding tert-OH is 2. The first-order valence-corrected chi connectivity index (χ1v) is 23.9. The zero-order valence-electron chi connectivity index (χ0n) is 37.2. The Morgan fingerprint density at radius 1 is 0.889 bits per heavy atom. The molecule has 0 bridgehead atoms. The van der Waals surface area contributed by atoms with E-state index in [1.165, 1.54) is 25.3 Å². The van der Waals surface area contributed by atoms with E-state index in [4.69, 9.17) is 5.73 Å². The number of benzene rings is 2. The lowest BCUT2D eigenvalue weighted by Crippen LogP contribution is -2.38. The Morgan fingerprint density at radius 3 is 2.33 bits per heavy atom. The van der Waals surface area contributed by atoms with E-state index < -0.39 is 23.6 Å². The molecule has 10 heteroatoms. The number of nitrogens with two attached hydrogens (primary N) is 1. The van der Waals surface area contributed by atoms with Gasteiger partial charge in [0.15, 0.2) is 0 Å². The van der Waals surface area contributed by atoms with Crippen molar-refractivity contribution >= 4 is 11.8 Å². The van der Waals surface area contributed by atoms with E-state index in [1.807, 2.05) is 36.4 Å². The van der Waals surface area contributed by atoms with E-state index in [2.05, 4.69) is 41.2 Å². The molecule has 4 aromatic rings. The van der Waals surface area contributed by atoms with Gasteiger partial charge in [-0.05, 0) is 135 Å². The summed E-state index contributed by atoms with van der Waals surface area (Å²) in [4.78, 5) is 20.6. The maximum absolute atomic E-state index is 13.0. The first-order chi connectivity index (χ1) is 30.4. The highest BCUT2D eigenvalue weighted by Crippen LogP contribution is 2.57. The van der Waals surface area contributed by atoms with Crippen LogP contribution in [-0.2, 0) is 16.6 Å². The molecule has 3 aliphatic carbocycles. The number of aromatic amines is 1. The van der Waals surface area contributed by atoms with Gasteiger partial charge in [0, 0.05) is 35.0 Å². The van der Waals surface area contributed by atoms with Crippen LogP contribution < -0.4 is 5.73 Å². The summed E-state index contributed by atoms with van der Waals surface area (Å²) in [6, 6.07) is 20.7. The smallest absolute Gasteiger partial charge is 0.309 e. The van der Waals surface area contributed by atoms with Gasteiger partial charge in [0.2, 0.25) is 0 Å². The van der Waals surface area contributed by atoms with E-state index in [0.29, 0.717) is 43.0 Å². The number of phenols is 2. The molecule has 2 fully saturated rings. The zero-order valence-corrected chi connectivity index (χ0v) is 37.2. The molecule has 2 aromatic heterocycles. The van der Waals surface area contributed by atoms with Crippen LogP contribution in [0.2, 0.25) is 0 Å². The average Bonchev–Trinajstić information content (AvgIpc) is 4.01. The number of rotatable bonds is 21. The van der Waals surface area contributed by atoms with Gasteiger partial charge in [0.1, 0.15) is 17.3 Å². The van der Waals surface area contributed by atoms with Crippen LogP contribution >= 0.6 is 0 Å². The molecule has 2 aromatic carbocycles. The molecule has 9 N–H and O–H groups in total. The third-order valence-corrected chi connectivity index (χ3v) is 15.2. The normalized spacial score (nSPS) is 25.3. The third kappa shape index (κ3) is 11.2. The van der Waals surface area contributed by atoms with Gasteiger partial charge in [0.05, 0.1) is 29.4 Å². The molecule has 2 saturated carbocycles. The molecule has 2 heterocycles. The molecule has 3 aliphatic rings. The summed E-state index contributed by atoms with van der Waals surface area (Å²) in [5.41, 5.74) is 10.2. The number of nitrogens with one attached hydrogen (secondary N) is 1. The number of carboxylic acids is 1. The predicted octanol–water partition coefficient (Wildman–Crippen LogP) is 10.5. The number of hydrogen-bond acceptors (Lipinski definition) is 8. The molecule has 10 nitrogen and oxygen atoms in total. The van der Waals surface area contributed by atoms with E-state index in [0.717, 1.165) is 92.3 Å². The van der Waals surface area contributed by atoms with Crippen LogP contribution in [0.3, 0.4) is 0 Å². The van der Waals surface area contributed by atoms with Crippen LogP contribution in [0.4, 0.5) is 5.82 Å². The van der Waals surface area contributed by atoms with Crippen molar-refractivity contribution in [3.63, 3.8) is 0 Å². The number of phenolic OH excluding ortho intramolecular Hbond substituents is 2. The number of unbranched alkanes of at least 4 members (excludes halogenated alkanes) is 4. The third-order valence-electron chi connectivity index (χ3n) is 15.2. The van der Waals surface area contributed by atoms with Crippen LogP contribution in [0.1, 0.15) is 134 Å². The number of H-pyrrole nitrogens is 1. The highest BCUT2D eigenvalue weighted by atomic mass is 16.4. The number of nitrogens with zero attached hydrogens (tertiary/aromatic N) is 1. The molecule has 0 amide bonds. The topological polar surface area (TPSA) is 193 Å². The lowest BCUT2D eigenvalue weighted by molar-refractivity contribution is -0.146. The molecule has 63 heavy (non-hydrogen) atoms. The van der Waals surface area contributed by atoms with E-state index in [1.54, 1.807) is 18.3 Å². The van der Waals surface area contributed by atoms with Gasteiger partial charge in [-0.3, -0.25) is 4.79 Å². The molecule has 0 aliphatic heterocycles. The molecule has 0 radical (unpaired) electrons. The molecule has 340 valence electrons. The second-order valence-electron chi connectivity index (χ2n) is 19.5. The minimum atomic E-state index is -1.19. The lowest BCUT2D eigenvalue weighted by atomic mass is 9.67. The van der Waals surface area contributed by atoms with Crippen molar-refractivity contribution in [3.05, 3.63) is 96.3 Å². The minimum absolute atomic E-state index is 0.0483. The molecular weight excluding hydrogens is 791 g/mol. The summed E-state index contributed by atoms with van der Waals surface area (Å²) in [7, 11) is 0. The standard InChI is InChI=1S/C53H71N3O7/c1-2-3-6-13-35-18-19-37(48(60)26-35)16-9-5-10-17-45(51(61)62)47(59)20-24-53(63)34-41(52(22-11-12-23-52)39-21-25-55-49(54)31-39)29-40(53)30-42-32-46(36-14-7-4-8-15-36)50(56-42)38-27-43(57)33-44(58)28-38/h4,7-8,14-15,18-19,21,25,27-28,31-33,35,37,40-41,45,47-48,56-60,63H,2-3,5-6,9-13,16-17,20,22-24,26,29-30,34H2,1H3,(H2,54,55)(H,61,62). The van der Waals surface area contributed by atoms with Crippen molar-refractivity contribution in [1.82, 2.24) is 9.97 Å². The Morgan fingerprint density at radius 2 is 1.63 bits per heavy atom. The van der Waals surface area contributed by atoms with Crippen molar-refractivity contribution in [3.8, 4) is 33.9 Å². The van der Waals surface area contributed by atoms with Crippen LogP contribution in [-0.4, -0.2) is 64.4 Å². The van der Waals surface area contributed by atoms with Gasteiger partial charge in [-0.2, -0.15) is 0 Å². The summed E-state index contributed by atoms with van der Waals surface area (Å²) >= 11 is 0. The van der Waals surface area contributed by atoms with Crippen molar-refractivity contribution in [2.45, 2.75) is 152 Å². The number of aliphatic carboxylic acids is 1. The number of nitrogen functional groups attached to an aromatic ring is 1. The second kappa shape index (κ2) is 20.9. The van der Waals surface area contributed by atoms with Gasteiger partial charge in [0.25, 0.3) is 0 Å². The monoisotopic (exact) mass is 862 g/mol. The largest absolute Gasteiger partial charge is 0.508 e. The predicted molar refractivity (Wildman–Crippen MR) is 249 cm³/mol. The fourth-order valence-corrected chi connectivity index (χ4v) is 11.8. The number of carbonyl (C=O) groups is 1. The molecule has 8 atom stereocenters. The summed E-state index contributed by atoms with van der Waals surface area (Å²) in [5.74, 6) is -1.06. The van der Waals surface area contributed by atoms with Gasteiger partial charge in [-0.25, -0.2) is 4.98 Å². The maximum Gasteiger partial charge on any atom is 0.309 e. The van der Waals surface area contributed by atoms with Gasteiger partial charge < -0.3 is 41.4 Å². The number of aliphatic hydroxyl groups is 3.